The molecule has 106 valence electrons. The number of halogens is 5. The second-order valence-electron chi connectivity index (χ2n) is 3.90. The summed E-state index contributed by atoms with van der Waals surface area (Å²) in [6.07, 6.45) is -3.10. The number of benzene rings is 1. The van der Waals surface area contributed by atoms with Gasteiger partial charge in [0, 0.05) is 15.7 Å². The standard InChI is InChI=1S/C12H8BrClF3N3/c13-6-3-9(18)11(19-5-6)20-10-2-1-7(14)4-8(10)12(15,16)17/h1-5H,18H2,(H,19,20). The quantitative estimate of drug-likeness (QED) is 0.799. The number of nitrogens with zero attached hydrogens (tertiary/aromatic N) is 1. The van der Waals surface area contributed by atoms with Gasteiger partial charge in [-0.2, -0.15) is 13.2 Å². The van der Waals surface area contributed by atoms with E-state index in [4.69, 9.17) is 17.3 Å². The number of nitrogen functional groups attached to an aromatic ring is 1. The first-order valence-corrected chi connectivity index (χ1v) is 6.49. The Morgan fingerprint density at radius 2 is 1.95 bits per heavy atom. The molecule has 3 N–H and O–H groups in total. The third-order valence-electron chi connectivity index (χ3n) is 2.42. The van der Waals surface area contributed by atoms with Crippen molar-refractivity contribution in [2.45, 2.75) is 6.18 Å². The van der Waals surface area contributed by atoms with Gasteiger partial charge in [-0.3, -0.25) is 0 Å². The average Bonchev–Trinajstić information content (AvgIpc) is 2.33. The Morgan fingerprint density at radius 3 is 2.55 bits per heavy atom. The fourth-order valence-corrected chi connectivity index (χ4v) is 2.07. The molecule has 3 nitrogen and oxygen atoms in total. The molecule has 20 heavy (non-hydrogen) atoms. The van der Waals surface area contributed by atoms with Crippen molar-refractivity contribution in [1.82, 2.24) is 4.98 Å². The fraction of sp³-hybridized carbons (Fsp3) is 0.0833. The second-order valence-corrected chi connectivity index (χ2v) is 5.26. The van der Waals surface area contributed by atoms with Crippen LogP contribution in [0.5, 0.6) is 0 Å². The van der Waals surface area contributed by atoms with Crippen molar-refractivity contribution in [3.8, 4) is 0 Å². The molecule has 0 saturated heterocycles. The molecule has 8 heteroatoms. The van der Waals surface area contributed by atoms with Crippen LogP contribution in [0.15, 0.2) is 34.9 Å². The van der Waals surface area contributed by atoms with Gasteiger partial charge in [0.15, 0.2) is 5.82 Å². The number of pyridine rings is 1. The first-order chi connectivity index (χ1) is 9.27. The lowest BCUT2D eigenvalue weighted by Gasteiger charge is -2.15. The monoisotopic (exact) mass is 365 g/mol. The smallest absolute Gasteiger partial charge is 0.396 e. The maximum atomic E-state index is 12.9. The molecule has 1 heterocycles. The van der Waals surface area contributed by atoms with E-state index < -0.39 is 11.7 Å². The van der Waals surface area contributed by atoms with Crippen molar-refractivity contribution in [2.75, 3.05) is 11.1 Å². The molecule has 2 rings (SSSR count). The molecule has 0 fully saturated rings. The minimum Gasteiger partial charge on any atom is -0.396 e. The Morgan fingerprint density at radius 1 is 1.25 bits per heavy atom. The van der Waals surface area contributed by atoms with Crippen molar-refractivity contribution >= 4 is 44.7 Å². The molecular formula is C12H8BrClF3N3. The molecule has 0 aliphatic carbocycles. The van der Waals surface area contributed by atoms with Gasteiger partial charge < -0.3 is 11.1 Å². The lowest BCUT2D eigenvalue weighted by Crippen LogP contribution is -2.10. The highest BCUT2D eigenvalue weighted by Crippen LogP contribution is 2.38. The van der Waals surface area contributed by atoms with Crippen LogP contribution in [0.25, 0.3) is 0 Å². The molecule has 1 aromatic carbocycles. The maximum absolute atomic E-state index is 12.9. The minimum absolute atomic E-state index is 0.000359. The molecule has 0 atom stereocenters. The van der Waals surface area contributed by atoms with Crippen molar-refractivity contribution < 1.29 is 13.2 Å². The SMILES string of the molecule is Nc1cc(Br)cnc1Nc1ccc(Cl)cc1C(F)(F)F. The largest absolute Gasteiger partial charge is 0.418 e. The highest BCUT2D eigenvalue weighted by molar-refractivity contribution is 9.10. The van der Waals surface area contributed by atoms with E-state index in [1.165, 1.54) is 18.3 Å². The van der Waals surface area contributed by atoms with E-state index in [1.807, 2.05) is 0 Å². The van der Waals surface area contributed by atoms with Gasteiger partial charge in [-0.1, -0.05) is 11.6 Å². The van der Waals surface area contributed by atoms with Crippen LogP contribution in [0.2, 0.25) is 5.02 Å². The maximum Gasteiger partial charge on any atom is 0.418 e. The van der Waals surface area contributed by atoms with Gasteiger partial charge in [-0.15, -0.1) is 0 Å². The minimum atomic E-state index is -4.53. The molecule has 0 saturated carbocycles. The average molecular weight is 367 g/mol. The normalized spacial score (nSPS) is 11.4. The molecule has 1 aromatic heterocycles. The van der Waals surface area contributed by atoms with Crippen LogP contribution in [-0.4, -0.2) is 4.98 Å². The molecular weight excluding hydrogens is 359 g/mol. The summed E-state index contributed by atoms with van der Waals surface area (Å²) in [5, 5.41) is 2.57. The number of aromatic nitrogens is 1. The van der Waals surface area contributed by atoms with E-state index >= 15 is 0 Å². The van der Waals surface area contributed by atoms with Crippen molar-refractivity contribution in [2.24, 2.45) is 0 Å². The number of hydrogen-bond donors (Lipinski definition) is 2. The first-order valence-electron chi connectivity index (χ1n) is 5.32. The Labute approximate surface area is 126 Å². The number of nitrogens with two attached hydrogens (primary N) is 1. The summed E-state index contributed by atoms with van der Waals surface area (Å²) in [4.78, 5) is 3.94. The van der Waals surface area contributed by atoms with E-state index in [1.54, 1.807) is 6.07 Å². The number of hydrogen-bond acceptors (Lipinski definition) is 3. The molecule has 0 aliphatic rings. The molecule has 0 amide bonds. The number of anilines is 3. The van der Waals surface area contributed by atoms with E-state index in [0.717, 1.165) is 6.07 Å². The van der Waals surface area contributed by atoms with Crippen LogP contribution < -0.4 is 11.1 Å². The topological polar surface area (TPSA) is 50.9 Å². The summed E-state index contributed by atoms with van der Waals surface area (Å²) in [5.74, 6) is 0.140. The zero-order valence-corrected chi connectivity index (χ0v) is 12.1. The molecule has 0 unspecified atom stereocenters. The number of nitrogens with one attached hydrogen (secondary N) is 1. The van der Waals surface area contributed by atoms with E-state index in [2.05, 4.69) is 26.2 Å². The van der Waals surface area contributed by atoms with Crippen LogP contribution in [0.4, 0.5) is 30.4 Å². The Hall–Kier alpha value is -1.47. The van der Waals surface area contributed by atoms with Gasteiger partial charge >= 0.3 is 6.18 Å². The van der Waals surface area contributed by atoms with Gasteiger partial charge in [-0.05, 0) is 40.2 Å². The Kier molecular flexibility index (Phi) is 4.10. The van der Waals surface area contributed by atoms with Gasteiger partial charge in [0.2, 0.25) is 0 Å². The predicted octanol–water partition coefficient (Wildman–Crippen LogP) is 4.84. The Balaban J connectivity index is 2.43. The molecule has 0 bridgehead atoms. The van der Waals surface area contributed by atoms with Crippen molar-refractivity contribution in [1.29, 1.82) is 0 Å². The number of alkyl halides is 3. The highest BCUT2D eigenvalue weighted by atomic mass is 79.9. The zero-order chi connectivity index (χ0) is 14.9. The van der Waals surface area contributed by atoms with Crippen LogP contribution in [-0.2, 0) is 6.18 Å². The second kappa shape index (κ2) is 5.49. The molecule has 0 aliphatic heterocycles. The highest BCUT2D eigenvalue weighted by Gasteiger charge is 2.34. The third-order valence-corrected chi connectivity index (χ3v) is 3.09. The van der Waals surface area contributed by atoms with Gasteiger partial charge in [0.05, 0.1) is 16.9 Å². The van der Waals surface area contributed by atoms with Crippen LogP contribution >= 0.6 is 27.5 Å². The summed E-state index contributed by atoms with van der Waals surface area (Å²) >= 11 is 8.77. The van der Waals surface area contributed by atoms with E-state index in [0.29, 0.717) is 4.47 Å². The Bertz CT molecular complexity index is 646. The molecule has 0 radical (unpaired) electrons. The van der Waals surface area contributed by atoms with Crippen molar-refractivity contribution in [3.63, 3.8) is 0 Å². The summed E-state index contributed by atoms with van der Waals surface area (Å²) in [5.41, 5.74) is 4.88. The summed E-state index contributed by atoms with van der Waals surface area (Å²) < 4.78 is 39.4. The van der Waals surface area contributed by atoms with Gasteiger partial charge in [0.25, 0.3) is 0 Å². The van der Waals surface area contributed by atoms with Crippen LogP contribution in [0.1, 0.15) is 5.56 Å². The summed E-state index contributed by atoms with van der Waals surface area (Å²) in [6.45, 7) is 0. The zero-order valence-electron chi connectivity index (χ0n) is 9.80. The fourth-order valence-electron chi connectivity index (χ4n) is 1.55. The van der Waals surface area contributed by atoms with Crippen LogP contribution in [0.3, 0.4) is 0 Å². The van der Waals surface area contributed by atoms with E-state index in [9.17, 15) is 13.2 Å². The predicted molar refractivity (Wildman–Crippen MR) is 76.1 cm³/mol. The molecule has 2 aromatic rings. The summed E-state index contributed by atoms with van der Waals surface area (Å²) in [6, 6.07) is 4.97. The van der Waals surface area contributed by atoms with E-state index in [-0.39, 0.29) is 22.2 Å². The third kappa shape index (κ3) is 3.34. The molecule has 0 spiro atoms. The first kappa shape index (κ1) is 14.9. The van der Waals surface area contributed by atoms with Gasteiger partial charge in [-0.25, -0.2) is 4.98 Å². The van der Waals surface area contributed by atoms with Crippen LogP contribution in [0, 0.1) is 0 Å². The lowest BCUT2D eigenvalue weighted by molar-refractivity contribution is -0.136. The number of rotatable bonds is 2. The summed E-state index contributed by atoms with van der Waals surface area (Å²) in [7, 11) is 0. The van der Waals surface area contributed by atoms with Crippen molar-refractivity contribution in [3.05, 3.63) is 45.5 Å². The lowest BCUT2D eigenvalue weighted by atomic mass is 10.1. The van der Waals surface area contributed by atoms with Gasteiger partial charge in [0.1, 0.15) is 0 Å².